The van der Waals surface area contributed by atoms with Crippen molar-refractivity contribution < 1.29 is 9.13 Å². The Balaban J connectivity index is 2.24. The van der Waals surface area contributed by atoms with Gasteiger partial charge in [-0.2, -0.15) is 0 Å². The van der Waals surface area contributed by atoms with E-state index in [1.165, 1.54) is 13.2 Å². The summed E-state index contributed by atoms with van der Waals surface area (Å²) in [4.78, 5) is 2.31. The van der Waals surface area contributed by atoms with Gasteiger partial charge < -0.3 is 15.0 Å². The van der Waals surface area contributed by atoms with Crippen LogP contribution in [0.5, 0.6) is 5.75 Å². The van der Waals surface area contributed by atoms with E-state index in [1.807, 2.05) is 6.07 Å². The molecule has 1 unspecified atom stereocenters. The molecule has 19 heavy (non-hydrogen) atoms. The van der Waals surface area contributed by atoms with Gasteiger partial charge in [-0.25, -0.2) is 4.39 Å². The molecule has 0 spiro atoms. The van der Waals surface area contributed by atoms with E-state index in [1.54, 1.807) is 6.07 Å². The highest BCUT2D eigenvalue weighted by Gasteiger charge is 2.27. The molecule has 1 aromatic carbocycles. The van der Waals surface area contributed by atoms with Crippen molar-refractivity contribution in [1.29, 1.82) is 0 Å². The first-order valence-corrected chi connectivity index (χ1v) is 6.91. The van der Waals surface area contributed by atoms with Gasteiger partial charge in [-0.05, 0) is 38.4 Å². The first kappa shape index (κ1) is 14.1. The number of halogens is 1. The van der Waals surface area contributed by atoms with Crippen LogP contribution in [0.25, 0.3) is 0 Å². The summed E-state index contributed by atoms with van der Waals surface area (Å²) in [5.41, 5.74) is 1.14. The van der Waals surface area contributed by atoms with Crippen LogP contribution in [0.2, 0.25) is 0 Å². The van der Waals surface area contributed by atoms with Gasteiger partial charge in [0.05, 0.1) is 7.11 Å². The van der Waals surface area contributed by atoms with Crippen LogP contribution < -0.4 is 15.0 Å². The van der Waals surface area contributed by atoms with Crippen molar-refractivity contribution in [2.24, 2.45) is 0 Å². The lowest BCUT2D eigenvalue weighted by atomic mass is 9.98. The van der Waals surface area contributed by atoms with E-state index in [9.17, 15) is 4.39 Å². The fraction of sp³-hybridized carbons (Fsp3) is 0.600. The molecular weight excluding hydrogens is 243 g/mol. The smallest absolute Gasteiger partial charge is 0.165 e. The van der Waals surface area contributed by atoms with E-state index in [4.69, 9.17) is 4.74 Å². The van der Waals surface area contributed by atoms with Crippen LogP contribution in [0.3, 0.4) is 0 Å². The highest BCUT2D eigenvalue weighted by atomic mass is 19.1. The molecule has 1 aliphatic heterocycles. The molecule has 3 nitrogen and oxygen atoms in total. The van der Waals surface area contributed by atoms with Crippen LogP contribution in [0.15, 0.2) is 18.2 Å². The zero-order chi connectivity index (χ0) is 13.9. The zero-order valence-corrected chi connectivity index (χ0v) is 12.0. The molecule has 1 heterocycles. The first-order chi connectivity index (χ1) is 9.08. The van der Waals surface area contributed by atoms with Crippen LogP contribution >= 0.6 is 0 Å². The normalized spacial score (nSPS) is 24.1. The molecule has 1 N–H and O–H groups in total. The molecule has 1 aromatic rings. The van der Waals surface area contributed by atoms with Crippen molar-refractivity contribution in [1.82, 2.24) is 5.32 Å². The predicted octanol–water partition coefficient (Wildman–Crippen LogP) is 2.80. The molecule has 1 aliphatic rings. The summed E-state index contributed by atoms with van der Waals surface area (Å²) in [7, 11) is 1.50. The molecule has 0 bridgehead atoms. The molecule has 1 saturated heterocycles. The second kappa shape index (κ2) is 5.78. The zero-order valence-electron chi connectivity index (χ0n) is 12.0. The Morgan fingerprint density at radius 1 is 1.47 bits per heavy atom. The van der Waals surface area contributed by atoms with Gasteiger partial charge in [0, 0.05) is 30.4 Å². The maximum atomic E-state index is 13.5. The summed E-state index contributed by atoms with van der Waals surface area (Å²) in [6.45, 7) is 7.38. The van der Waals surface area contributed by atoms with Gasteiger partial charge in [-0.1, -0.05) is 6.92 Å². The number of rotatable bonds is 3. The Kier molecular flexibility index (Phi) is 4.30. The standard InChI is InChI=1S/C15H23FN2O/c1-4-15(2)11-18(9-5-8-17-15)12-6-7-13(16)14(10-12)19-3/h6-7,10,17H,4-5,8-9,11H2,1-3H3. The van der Waals surface area contributed by atoms with E-state index in [-0.39, 0.29) is 11.4 Å². The van der Waals surface area contributed by atoms with E-state index in [2.05, 4.69) is 24.1 Å². The summed E-state index contributed by atoms with van der Waals surface area (Å²) >= 11 is 0. The van der Waals surface area contributed by atoms with E-state index < -0.39 is 0 Å². The number of anilines is 1. The molecule has 106 valence electrons. The van der Waals surface area contributed by atoms with Crippen molar-refractivity contribution in [2.75, 3.05) is 31.6 Å². The minimum Gasteiger partial charge on any atom is -0.494 e. The average Bonchev–Trinajstić information content (AvgIpc) is 2.62. The largest absolute Gasteiger partial charge is 0.494 e. The van der Waals surface area contributed by atoms with Crippen LogP contribution in [-0.2, 0) is 0 Å². The number of hydrogen-bond donors (Lipinski definition) is 1. The second-order valence-electron chi connectivity index (χ2n) is 5.43. The van der Waals surface area contributed by atoms with Gasteiger partial charge in [-0.15, -0.1) is 0 Å². The number of nitrogens with one attached hydrogen (secondary N) is 1. The molecule has 1 atom stereocenters. The van der Waals surface area contributed by atoms with Crippen molar-refractivity contribution in [3.63, 3.8) is 0 Å². The quantitative estimate of drug-likeness (QED) is 0.910. The Morgan fingerprint density at radius 3 is 2.95 bits per heavy atom. The van der Waals surface area contributed by atoms with Crippen LogP contribution in [-0.4, -0.2) is 32.3 Å². The molecule has 2 rings (SSSR count). The van der Waals surface area contributed by atoms with E-state index >= 15 is 0 Å². The van der Waals surface area contributed by atoms with Gasteiger partial charge in [0.2, 0.25) is 0 Å². The van der Waals surface area contributed by atoms with E-state index in [0.29, 0.717) is 5.75 Å². The Hall–Kier alpha value is -1.29. The lowest BCUT2D eigenvalue weighted by Crippen LogP contribution is -2.48. The van der Waals surface area contributed by atoms with Gasteiger partial charge in [0.1, 0.15) is 0 Å². The monoisotopic (exact) mass is 266 g/mol. The molecular formula is C15H23FN2O. The highest BCUT2D eigenvalue weighted by Crippen LogP contribution is 2.27. The fourth-order valence-electron chi connectivity index (χ4n) is 2.52. The van der Waals surface area contributed by atoms with E-state index in [0.717, 1.165) is 38.2 Å². The number of nitrogens with zero attached hydrogens (tertiary/aromatic N) is 1. The number of benzene rings is 1. The SMILES string of the molecule is CCC1(C)CN(c2ccc(F)c(OC)c2)CCCN1. The van der Waals surface area contributed by atoms with Crippen molar-refractivity contribution in [3.8, 4) is 5.75 Å². The third-order valence-corrected chi connectivity index (χ3v) is 3.98. The molecule has 0 aliphatic carbocycles. The Bertz CT molecular complexity index is 438. The maximum absolute atomic E-state index is 13.5. The molecule has 0 aromatic heterocycles. The van der Waals surface area contributed by atoms with Crippen molar-refractivity contribution in [3.05, 3.63) is 24.0 Å². The highest BCUT2D eigenvalue weighted by molar-refractivity contribution is 5.51. The van der Waals surface area contributed by atoms with Crippen LogP contribution in [0.4, 0.5) is 10.1 Å². The van der Waals surface area contributed by atoms with Crippen LogP contribution in [0.1, 0.15) is 26.7 Å². The predicted molar refractivity (Wildman–Crippen MR) is 76.5 cm³/mol. The molecule has 0 amide bonds. The fourth-order valence-corrected chi connectivity index (χ4v) is 2.52. The summed E-state index contributed by atoms with van der Waals surface area (Å²) in [6.07, 6.45) is 2.16. The lowest BCUT2D eigenvalue weighted by molar-refractivity contribution is 0.366. The molecule has 4 heteroatoms. The average molecular weight is 266 g/mol. The summed E-state index contributed by atoms with van der Waals surface area (Å²) in [6, 6.07) is 5.10. The van der Waals surface area contributed by atoms with Crippen LogP contribution in [0, 0.1) is 5.82 Å². The lowest BCUT2D eigenvalue weighted by Gasteiger charge is -2.34. The minimum atomic E-state index is -0.308. The van der Waals surface area contributed by atoms with Crippen molar-refractivity contribution >= 4 is 5.69 Å². The Morgan fingerprint density at radius 2 is 2.26 bits per heavy atom. The number of hydrogen-bond acceptors (Lipinski definition) is 3. The molecule has 0 saturated carbocycles. The van der Waals surface area contributed by atoms with Crippen molar-refractivity contribution in [2.45, 2.75) is 32.2 Å². The van der Waals surface area contributed by atoms with Gasteiger partial charge in [-0.3, -0.25) is 0 Å². The number of ether oxygens (including phenoxy) is 1. The maximum Gasteiger partial charge on any atom is 0.165 e. The third kappa shape index (κ3) is 3.18. The molecule has 1 fully saturated rings. The second-order valence-corrected chi connectivity index (χ2v) is 5.43. The first-order valence-electron chi connectivity index (χ1n) is 6.91. The van der Waals surface area contributed by atoms with Gasteiger partial charge >= 0.3 is 0 Å². The number of methoxy groups -OCH3 is 1. The molecule has 0 radical (unpaired) electrons. The topological polar surface area (TPSA) is 24.5 Å². The van der Waals surface area contributed by atoms with Gasteiger partial charge in [0.25, 0.3) is 0 Å². The summed E-state index contributed by atoms with van der Waals surface area (Å²) < 4.78 is 18.5. The Labute approximate surface area is 114 Å². The third-order valence-electron chi connectivity index (χ3n) is 3.98. The van der Waals surface area contributed by atoms with Gasteiger partial charge in [0.15, 0.2) is 11.6 Å². The summed E-state index contributed by atoms with van der Waals surface area (Å²) in [5.74, 6) is 0.00496. The summed E-state index contributed by atoms with van der Waals surface area (Å²) in [5, 5.41) is 3.60. The minimum absolute atomic E-state index is 0.109.